The molecule has 0 fully saturated rings. The highest BCUT2D eigenvalue weighted by atomic mass is 35.5. The molecular weight excluding hydrogens is 419 g/mol. The van der Waals surface area contributed by atoms with Crippen LogP contribution >= 0.6 is 35.0 Å². The molecule has 28 heavy (non-hydrogen) atoms. The Bertz CT molecular complexity index is 1300. The standard InChI is InChI=1S/C19H14Cl2N4O2S/c1-24-18(26)14-16(22-19(24)27)25(10-11-6-3-2-4-7-11)23-17(14)28-13-9-5-8-12(20)15(13)21/h2-9H,10H2,1H3,(H,22,27). The summed E-state index contributed by atoms with van der Waals surface area (Å²) in [4.78, 5) is 28.4. The van der Waals surface area contributed by atoms with Crippen LogP contribution in [0.2, 0.25) is 10.0 Å². The van der Waals surface area contributed by atoms with Gasteiger partial charge in [-0.1, -0.05) is 71.4 Å². The first kappa shape index (κ1) is 18.9. The molecule has 9 heteroatoms. The highest BCUT2D eigenvalue weighted by Crippen LogP contribution is 2.38. The number of fused-ring (bicyclic) bond motifs is 1. The molecule has 0 amide bonds. The second kappa shape index (κ2) is 7.50. The lowest BCUT2D eigenvalue weighted by molar-refractivity contribution is 0.677. The van der Waals surface area contributed by atoms with Gasteiger partial charge in [-0.3, -0.25) is 14.3 Å². The van der Waals surface area contributed by atoms with Crippen molar-refractivity contribution in [3.63, 3.8) is 0 Å². The summed E-state index contributed by atoms with van der Waals surface area (Å²) in [5, 5.41) is 6.18. The summed E-state index contributed by atoms with van der Waals surface area (Å²) in [6, 6.07) is 14.9. The summed E-state index contributed by atoms with van der Waals surface area (Å²) in [7, 11) is 1.43. The first-order chi connectivity index (χ1) is 13.5. The van der Waals surface area contributed by atoms with Gasteiger partial charge in [0.15, 0.2) is 0 Å². The van der Waals surface area contributed by atoms with Crippen LogP contribution in [0.3, 0.4) is 0 Å². The van der Waals surface area contributed by atoms with E-state index < -0.39 is 11.2 Å². The lowest BCUT2D eigenvalue weighted by Gasteiger charge is -2.03. The van der Waals surface area contributed by atoms with Gasteiger partial charge in [0.1, 0.15) is 16.1 Å². The number of aromatic amines is 1. The van der Waals surface area contributed by atoms with Gasteiger partial charge in [-0.2, -0.15) is 5.10 Å². The fourth-order valence-corrected chi connectivity index (χ4v) is 4.27. The SMILES string of the molecule is Cn1c(=O)[nH]c2c(c(Sc3cccc(Cl)c3Cl)nn2Cc2ccccc2)c1=O. The predicted octanol–water partition coefficient (Wildman–Crippen LogP) is 3.93. The molecule has 0 unspecified atom stereocenters. The van der Waals surface area contributed by atoms with E-state index in [2.05, 4.69) is 10.1 Å². The zero-order valence-electron chi connectivity index (χ0n) is 14.6. The molecule has 2 aromatic carbocycles. The molecule has 2 aromatic heterocycles. The lowest BCUT2D eigenvalue weighted by Crippen LogP contribution is -2.32. The van der Waals surface area contributed by atoms with Crippen LogP contribution in [0, 0.1) is 0 Å². The Hall–Kier alpha value is -2.48. The Kier molecular flexibility index (Phi) is 5.05. The molecule has 4 rings (SSSR count). The van der Waals surface area contributed by atoms with Gasteiger partial charge in [0.2, 0.25) is 0 Å². The van der Waals surface area contributed by atoms with Gasteiger partial charge in [0, 0.05) is 11.9 Å². The highest BCUT2D eigenvalue weighted by molar-refractivity contribution is 7.99. The Morgan fingerprint density at radius 2 is 1.82 bits per heavy atom. The molecule has 1 N–H and O–H groups in total. The van der Waals surface area contributed by atoms with E-state index in [0.29, 0.717) is 37.5 Å². The maximum Gasteiger partial charge on any atom is 0.329 e. The van der Waals surface area contributed by atoms with Crippen molar-refractivity contribution >= 4 is 46.0 Å². The van der Waals surface area contributed by atoms with Crippen LogP contribution in [-0.4, -0.2) is 19.3 Å². The van der Waals surface area contributed by atoms with Gasteiger partial charge < -0.3 is 0 Å². The van der Waals surface area contributed by atoms with Crippen LogP contribution in [0.25, 0.3) is 11.0 Å². The average Bonchev–Trinajstić information content (AvgIpc) is 3.01. The molecule has 0 aliphatic carbocycles. The van der Waals surface area contributed by atoms with Gasteiger partial charge in [0.25, 0.3) is 5.56 Å². The number of hydrogen-bond acceptors (Lipinski definition) is 4. The van der Waals surface area contributed by atoms with Crippen molar-refractivity contribution in [1.29, 1.82) is 0 Å². The second-order valence-corrected chi connectivity index (χ2v) is 7.94. The van der Waals surface area contributed by atoms with Crippen molar-refractivity contribution in [2.75, 3.05) is 0 Å². The van der Waals surface area contributed by atoms with E-state index in [1.165, 1.54) is 18.8 Å². The Balaban J connectivity index is 1.91. The summed E-state index contributed by atoms with van der Waals surface area (Å²) < 4.78 is 2.65. The Morgan fingerprint density at radius 3 is 2.57 bits per heavy atom. The smallest absolute Gasteiger partial charge is 0.291 e. The van der Waals surface area contributed by atoms with Crippen LogP contribution in [0.1, 0.15) is 5.56 Å². The molecule has 0 aliphatic rings. The maximum atomic E-state index is 12.8. The maximum absolute atomic E-state index is 12.8. The van der Waals surface area contributed by atoms with E-state index in [9.17, 15) is 9.59 Å². The summed E-state index contributed by atoms with van der Waals surface area (Å²) >= 11 is 13.6. The Morgan fingerprint density at radius 1 is 1.07 bits per heavy atom. The van der Waals surface area contributed by atoms with Crippen molar-refractivity contribution < 1.29 is 0 Å². The zero-order chi connectivity index (χ0) is 19.8. The van der Waals surface area contributed by atoms with E-state index in [-0.39, 0.29) is 0 Å². The van der Waals surface area contributed by atoms with Crippen molar-refractivity contribution in [2.45, 2.75) is 16.5 Å². The van der Waals surface area contributed by atoms with Crippen molar-refractivity contribution in [3.05, 3.63) is 85.0 Å². The Labute approximate surface area is 173 Å². The van der Waals surface area contributed by atoms with Crippen molar-refractivity contribution in [2.24, 2.45) is 7.05 Å². The molecule has 0 aliphatic heterocycles. The molecule has 6 nitrogen and oxygen atoms in total. The van der Waals surface area contributed by atoms with Gasteiger partial charge in [-0.05, 0) is 17.7 Å². The van der Waals surface area contributed by atoms with Crippen LogP contribution in [-0.2, 0) is 13.6 Å². The average molecular weight is 433 g/mol. The minimum Gasteiger partial charge on any atom is -0.291 e. The number of nitrogens with zero attached hydrogens (tertiary/aromatic N) is 3. The minimum absolute atomic E-state index is 0.332. The van der Waals surface area contributed by atoms with E-state index in [0.717, 1.165) is 10.1 Å². The molecule has 0 radical (unpaired) electrons. The molecule has 4 aromatic rings. The first-order valence-electron chi connectivity index (χ1n) is 8.31. The van der Waals surface area contributed by atoms with Gasteiger partial charge in [-0.15, -0.1) is 0 Å². The van der Waals surface area contributed by atoms with Gasteiger partial charge in [0.05, 0.1) is 16.6 Å². The molecule has 0 bridgehead atoms. The number of hydrogen-bond donors (Lipinski definition) is 1. The molecular formula is C19H14Cl2N4O2S. The van der Waals surface area contributed by atoms with E-state index in [1.807, 2.05) is 30.3 Å². The number of halogens is 2. The molecule has 2 heterocycles. The monoisotopic (exact) mass is 432 g/mol. The van der Waals surface area contributed by atoms with Crippen LogP contribution in [0.5, 0.6) is 0 Å². The normalized spacial score (nSPS) is 11.2. The largest absolute Gasteiger partial charge is 0.329 e. The predicted molar refractivity (Wildman–Crippen MR) is 112 cm³/mol. The number of H-pyrrole nitrogens is 1. The molecule has 0 saturated carbocycles. The number of nitrogens with one attached hydrogen (secondary N) is 1. The first-order valence-corrected chi connectivity index (χ1v) is 9.88. The number of rotatable bonds is 4. The fourth-order valence-electron chi connectivity index (χ4n) is 2.81. The summed E-state index contributed by atoms with van der Waals surface area (Å²) in [6.45, 7) is 0.407. The molecule has 0 spiro atoms. The van der Waals surface area contributed by atoms with Crippen LogP contribution in [0.15, 0.2) is 68.0 Å². The second-order valence-electron chi connectivity index (χ2n) is 6.12. The zero-order valence-corrected chi connectivity index (χ0v) is 17.0. The van der Waals surface area contributed by atoms with Crippen molar-refractivity contribution in [3.8, 4) is 0 Å². The minimum atomic E-state index is -0.496. The summed E-state index contributed by atoms with van der Waals surface area (Å²) in [5.41, 5.74) is 0.450. The topological polar surface area (TPSA) is 72.7 Å². The van der Waals surface area contributed by atoms with Gasteiger partial charge >= 0.3 is 5.69 Å². The summed E-state index contributed by atoms with van der Waals surface area (Å²) in [5.74, 6) is 0. The molecule has 0 saturated heterocycles. The van der Waals surface area contributed by atoms with E-state index >= 15 is 0 Å². The van der Waals surface area contributed by atoms with E-state index in [1.54, 1.807) is 22.9 Å². The van der Waals surface area contributed by atoms with E-state index in [4.69, 9.17) is 23.2 Å². The summed E-state index contributed by atoms with van der Waals surface area (Å²) in [6.07, 6.45) is 0. The lowest BCUT2D eigenvalue weighted by atomic mass is 10.2. The third kappa shape index (κ3) is 3.37. The molecule has 0 atom stereocenters. The number of benzene rings is 2. The third-order valence-corrected chi connectivity index (χ3v) is 6.24. The molecule has 142 valence electrons. The fraction of sp³-hybridized carbons (Fsp3) is 0.105. The van der Waals surface area contributed by atoms with Crippen molar-refractivity contribution in [1.82, 2.24) is 19.3 Å². The quantitative estimate of drug-likeness (QED) is 0.530. The third-order valence-electron chi connectivity index (χ3n) is 4.27. The highest BCUT2D eigenvalue weighted by Gasteiger charge is 2.19. The van der Waals surface area contributed by atoms with Crippen LogP contribution in [0.4, 0.5) is 0 Å². The van der Waals surface area contributed by atoms with Gasteiger partial charge in [-0.25, -0.2) is 9.48 Å². The van der Waals surface area contributed by atoms with Crippen LogP contribution < -0.4 is 11.2 Å². The number of aromatic nitrogens is 4.